The van der Waals surface area contributed by atoms with Crippen molar-refractivity contribution in [1.82, 2.24) is 10.2 Å². The quantitative estimate of drug-likeness (QED) is 0.506. The lowest BCUT2D eigenvalue weighted by Crippen LogP contribution is -2.15. The standard InChI is InChI=1S/C11H12N4O2S2/c12-13-11-15-14-10(19-11)6-18-7-1-2-8-9(5-7)17-4-3-16-8/h1-2,5H,3-4,6,12H2,(H,13,15). The molecule has 1 aliphatic rings. The summed E-state index contributed by atoms with van der Waals surface area (Å²) in [5, 5.41) is 9.48. The molecule has 0 atom stereocenters. The van der Waals surface area contributed by atoms with E-state index in [1.807, 2.05) is 18.2 Å². The molecule has 3 N–H and O–H groups in total. The van der Waals surface area contributed by atoms with E-state index in [4.69, 9.17) is 15.3 Å². The molecule has 3 rings (SSSR count). The van der Waals surface area contributed by atoms with Gasteiger partial charge in [-0.3, -0.25) is 5.43 Å². The average Bonchev–Trinajstić information content (AvgIpc) is 2.93. The SMILES string of the molecule is NNc1nnc(CSc2ccc3c(c2)OCCO3)s1. The summed E-state index contributed by atoms with van der Waals surface area (Å²) in [5.41, 5.74) is 2.49. The van der Waals surface area contributed by atoms with Gasteiger partial charge in [-0.25, -0.2) is 5.84 Å². The minimum absolute atomic E-state index is 0.600. The number of rotatable bonds is 4. The first-order valence-electron chi connectivity index (χ1n) is 5.66. The van der Waals surface area contributed by atoms with Gasteiger partial charge in [0.25, 0.3) is 0 Å². The zero-order valence-corrected chi connectivity index (χ0v) is 11.6. The van der Waals surface area contributed by atoms with E-state index in [-0.39, 0.29) is 0 Å². The maximum Gasteiger partial charge on any atom is 0.219 e. The van der Waals surface area contributed by atoms with Crippen molar-refractivity contribution in [1.29, 1.82) is 0 Å². The maximum absolute atomic E-state index is 5.55. The van der Waals surface area contributed by atoms with Crippen LogP contribution in [0.4, 0.5) is 5.13 Å². The maximum atomic E-state index is 5.55. The molecule has 2 aromatic rings. The molecule has 0 saturated carbocycles. The lowest BCUT2D eigenvalue weighted by atomic mass is 10.3. The Morgan fingerprint density at radius 2 is 2.11 bits per heavy atom. The highest BCUT2D eigenvalue weighted by Gasteiger charge is 2.12. The second kappa shape index (κ2) is 5.64. The van der Waals surface area contributed by atoms with Crippen LogP contribution in [-0.2, 0) is 5.75 Å². The van der Waals surface area contributed by atoms with Gasteiger partial charge in [0.1, 0.15) is 18.2 Å². The number of nitrogen functional groups attached to an aromatic ring is 1. The van der Waals surface area contributed by atoms with Gasteiger partial charge < -0.3 is 9.47 Å². The number of anilines is 1. The van der Waals surface area contributed by atoms with Gasteiger partial charge in [-0.05, 0) is 18.2 Å². The van der Waals surface area contributed by atoms with Crippen molar-refractivity contribution in [3.05, 3.63) is 23.2 Å². The number of nitrogens with two attached hydrogens (primary N) is 1. The predicted molar refractivity (Wildman–Crippen MR) is 74.7 cm³/mol. The van der Waals surface area contributed by atoms with Crippen molar-refractivity contribution < 1.29 is 9.47 Å². The van der Waals surface area contributed by atoms with E-state index in [1.54, 1.807) is 11.8 Å². The summed E-state index contributed by atoms with van der Waals surface area (Å²) in [7, 11) is 0. The molecular weight excluding hydrogens is 284 g/mol. The number of thioether (sulfide) groups is 1. The van der Waals surface area contributed by atoms with Crippen LogP contribution in [0.2, 0.25) is 0 Å². The topological polar surface area (TPSA) is 82.3 Å². The fraction of sp³-hybridized carbons (Fsp3) is 0.273. The number of ether oxygens (including phenoxy) is 2. The summed E-state index contributed by atoms with van der Waals surface area (Å²) in [4.78, 5) is 1.11. The second-order valence-electron chi connectivity index (χ2n) is 3.74. The molecule has 0 radical (unpaired) electrons. The number of hydrazine groups is 1. The minimum atomic E-state index is 0.600. The summed E-state index contributed by atoms with van der Waals surface area (Å²) in [6, 6.07) is 5.94. The highest BCUT2D eigenvalue weighted by Crippen LogP contribution is 2.35. The lowest BCUT2D eigenvalue weighted by Gasteiger charge is -2.18. The molecule has 1 aliphatic heterocycles. The van der Waals surface area contributed by atoms with Crippen LogP contribution in [-0.4, -0.2) is 23.4 Å². The Labute approximate surface area is 118 Å². The summed E-state index contributed by atoms with van der Waals surface area (Å²) in [6.07, 6.45) is 0. The third-order valence-electron chi connectivity index (χ3n) is 2.47. The number of nitrogens with zero attached hydrogens (tertiary/aromatic N) is 2. The van der Waals surface area contributed by atoms with Crippen LogP contribution in [0, 0.1) is 0 Å². The summed E-state index contributed by atoms with van der Waals surface area (Å²) in [6.45, 7) is 1.21. The summed E-state index contributed by atoms with van der Waals surface area (Å²) >= 11 is 3.12. The van der Waals surface area contributed by atoms with Crippen LogP contribution < -0.4 is 20.7 Å². The molecule has 0 fully saturated rings. The molecule has 2 heterocycles. The fourth-order valence-electron chi connectivity index (χ4n) is 1.63. The normalized spacial score (nSPS) is 13.3. The number of fused-ring (bicyclic) bond motifs is 1. The van der Waals surface area contributed by atoms with Gasteiger partial charge in [-0.15, -0.1) is 22.0 Å². The van der Waals surface area contributed by atoms with Crippen molar-refractivity contribution in [3.8, 4) is 11.5 Å². The van der Waals surface area contributed by atoms with Gasteiger partial charge in [0.15, 0.2) is 11.5 Å². The van der Waals surface area contributed by atoms with Crippen LogP contribution in [0.15, 0.2) is 23.1 Å². The van der Waals surface area contributed by atoms with E-state index < -0.39 is 0 Å². The van der Waals surface area contributed by atoms with E-state index in [0.717, 1.165) is 27.2 Å². The smallest absolute Gasteiger partial charge is 0.219 e. The molecule has 0 unspecified atom stereocenters. The number of hydrogen-bond donors (Lipinski definition) is 2. The molecule has 1 aromatic heterocycles. The molecule has 100 valence electrons. The molecule has 0 bridgehead atoms. The van der Waals surface area contributed by atoms with Crippen molar-refractivity contribution in [3.63, 3.8) is 0 Å². The zero-order chi connectivity index (χ0) is 13.1. The van der Waals surface area contributed by atoms with Gasteiger partial charge in [0, 0.05) is 4.90 Å². The molecule has 0 aliphatic carbocycles. The first kappa shape index (κ1) is 12.5. The second-order valence-corrected chi connectivity index (χ2v) is 5.85. The molecule has 0 saturated heterocycles. The fourth-order valence-corrected chi connectivity index (χ4v) is 3.19. The highest BCUT2D eigenvalue weighted by molar-refractivity contribution is 7.98. The van der Waals surface area contributed by atoms with Crippen molar-refractivity contribution in [2.24, 2.45) is 5.84 Å². The van der Waals surface area contributed by atoms with Crippen LogP contribution in [0.1, 0.15) is 5.01 Å². The van der Waals surface area contributed by atoms with Gasteiger partial charge in [0.05, 0.1) is 5.75 Å². The Balaban J connectivity index is 1.66. The highest BCUT2D eigenvalue weighted by atomic mass is 32.2. The van der Waals surface area contributed by atoms with Crippen LogP contribution in [0.3, 0.4) is 0 Å². The van der Waals surface area contributed by atoms with E-state index >= 15 is 0 Å². The number of aromatic nitrogens is 2. The van der Waals surface area contributed by atoms with E-state index in [0.29, 0.717) is 18.3 Å². The van der Waals surface area contributed by atoms with Gasteiger partial charge in [0.2, 0.25) is 5.13 Å². The molecular formula is C11H12N4O2S2. The van der Waals surface area contributed by atoms with Gasteiger partial charge in [-0.1, -0.05) is 11.3 Å². The Kier molecular flexibility index (Phi) is 3.72. The molecule has 8 heteroatoms. The first-order chi connectivity index (χ1) is 9.35. The van der Waals surface area contributed by atoms with Crippen LogP contribution >= 0.6 is 23.1 Å². The van der Waals surface area contributed by atoms with Gasteiger partial charge >= 0.3 is 0 Å². The van der Waals surface area contributed by atoms with E-state index in [9.17, 15) is 0 Å². The Morgan fingerprint density at radius 3 is 2.89 bits per heavy atom. The van der Waals surface area contributed by atoms with Crippen molar-refractivity contribution >= 4 is 28.2 Å². The average molecular weight is 296 g/mol. The Bertz CT molecular complexity index is 576. The lowest BCUT2D eigenvalue weighted by molar-refractivity contribution is 0.171. The first-order valence-corrected chi connectivity index (χ1v) is 7.47. The number of nitrogens with one attached hydrogen (secondary N) is 1. The third-order valence-corrected chi connectivity index (χ3v) is 4.51. The molecule has 19 heavy (non-hydrogen) atoms. The molecule has 0 spiro atoms. The van der Waals surface area contributed by atoms with Crippen molar-refractivity contribution in [2.75, 3.05) is 18.6 Å². The number of hydrogen-bond acceptors (Lipinski definition) is 8. The van der Waals surface area contributed by atoms with Crippen LogP contribution in [0.25, 0.3) is 0 Å². The molecule has 0 amide bonds. The van der Waals surface area contributed by atoms with Crippen LogP contribution in [0.5, 0.6) is 11.5 Å². The molecule has 6 nitrogen and oxygen atoms in total. The minimum Gasteiger partial charge on any atom is -0.486 e. The zero-order valence-electron chi connectivity index (χ0n) is 9.96. The third kappa shape index (κ3) is 2.91. The summed E-state index contributed by atoms with van der Waals surface area (Å²) < 4.78 is 11.0. The van der Waals surface area contributed by atoms with E-state index in [2.05, 4.69) is 15.6 Å². The Morgan fingerprint density at radius 1 is 1.26 bits per heavy atom. The van der Waals surface area contributed by atoms with E-state index in [1.165, 1.54) is 11.3 Å². The number of benzene rings is 1. The molecule has 1 aromatic carbocycles. The summed E-state index contributed by atoms with van der Waals surface area (Å²) in [5.74, 6) is 7.63. The Hall–Kier alpha value is -1.51. The monoisotopic (exact) mass is 296 g/mol. The van der Waals surface area contributed by atoms with Crippen molar-refractivity contribution in [2.45, 2.75) is 10.6 Å². The predicted octanol–water partition coefficient (Wildman–Crippen LogP) is 1.89. The van der Waals surface area contributed by atoms with Gasteiger partial charge in [-0.2, -0.15) is 0 Å². The largest absolute Gasteiger partial charge is 0.486 e.